The molecule has 1 saturated heterocycles. The van der Waals surface area contributed by atoms with Crippen molar-refractivity contribution in [1.29, 1.82) is 0 Å². The quantitative estimate of drug-likeness (QED) is 0.809. The van der Waals surface area contributed by atoms with E-state index in [4.69, 9.17) is 0 Å². The molecule has 1 aromatic heterocycles. The van der Waals surface area contributed by atoms with Gasteiger partial charge in [-0.1, -0.05) is 6.92 Å². The van der Waals surface area contributed by atoms with E-state index in [1.165, 1.54) is 32.4 Å². The highest BCUT2D eigenvalue weighted by molar-refractivity contribution is 4.79. The molecule has 1 aromatic rings. The van der Waals surface area contributed by atoms with Gasteiger partial charge in [-0.2, -0.15) is 0 Å². The van der Waals surface area contributed by atoms with Crippen LogP contribution in [0.15, 0.2) is 18.7 Å². The van der Waals surface area contributed by atoms with Crippen LogP contribution in [0.5, 0.6) is 0 Å². The van der Waals surface area contributed by atoms with Crippen LogP contribution in [-0.2, 0) is 6.54 Å². The maximum absolute atomic E-state index is 4.07. The molecule has 0 radical (unpaired) electrons. The highest BCUT2D eigenvalue weighted by Crippen LogP contribution is 2.10. The summed E-state index contributed by atoms with van der Waals surface area (Å²) in [5.74, 6) is 0. The monoisotopic (exact) mass is 236 g/mol. The first kappa shape index (κ1) is 12.6. The molecule has 2 rings (SSSR count). The van der Waals surface area contributed by atoms with Crippen molar-refractivity contribution >= 4 is 0 Å². The molecule has 1 fully saturated rings. The number of imidazole rings is 1. The van der Waals surface area contributed by atoms with Crippen molar-refractivity contribution in [3.63, 3.8) is 0 Å². The van der Waals surface area contributed by atoms with Gasteiger partial charge in [0.1, 0.15) is 0 Å². The second-order valence-corrected chi connectivity index (χ2v) is 4.89. The van der Waals surface area contributed by atoms with Gasteiger partial charge in [-0.15, -0.1) is 0 Å². The second kappa shape index (κ2) is 6.77. The number of likely N-dealkylation sites (tertiary alicyclic amines) is 1. The Labute approximate surface area is 104 Å². The van der Waals surface area contributed by atoms with Crippen LogP contribution in [0.1, 0.15) is 26.2 Å². The molecule has 0 aliphatic carbocycles. The first-order valence-electron chi connectivity index (χ1n) is 6.80. The van der Waals surface area contributed by atoms with E-state index in [1.807, 2.05) is 18.7 Å². The largest absolute Gasteiger partial charge is 0.336 e. The predicted molar refractivity (Wildman–Crippen MR) is 70.0 cm³/mol. The highest BCUT2D eigenvalue weighted by atomic mass is 15.2. The molecule has 4 heteroatoms. The summed E-state index contributed by atoms with van der Waals surface area (Å²) < 4.78 is 2.16. The molecule has 2 heterocycles. The third kappa shape index (κ3) is 4.13. The van der Waals surface area contributed by atoms with Crippen LogP contribution in [0.3, 0.4) is 0 Å². The Morgan fingerprint density at radius 3 is 3.12 bits per heavy atom. The summed E-state index contributed by atoms with van der Waals surface area (Å²) >= 11 is 0. The van der Waals surface area contributed by atoms with Crippen molar-refractivity contribution in [3.05, 3.63) is 18.7 Å². The van der Waals surface area contributed by atoms with E-state index in [1.54, 1.807) is 0 Å². The number of nitrogens with zero attached hydrogens (tertiary/aromatic N) is 3. The van der Waals surface area contributed by atoms with Crippen molar-refractivity contribution in [3.8, 4) is 0 Å². The minimum Gasteiger partial charge on any atom is -0.336 e. The predicted octanol–water partition coefficient (Wildman–Crippen LogP) is 1.35. The number of hydrogen-bond donors (Lipinski definition) is 1. The molecule has 96 valence electrons. The third-order valence-electron chi connectivity index (χ3n) is 3.42. The summed E-state index contributed by atoms with van der Waals surface area (Å²) in [6.45, 7) is 8.03. The van der Waals surface area contributed by atoms with Crippen molar-refractivity contribution in [2.24, 2.45) is 0 Å². The molecule has 0 bridgehead atoms. The lowest BCUT2D eigenvalue weighted by atomic mass is 10.1. The first-order chi connectivity index (χ1) is 8.38. The molecule has 4 nitrogen and oxygen atoms in total. The molecule has 0 saturated carbocycles. The SMILES string of the molecule is CCCNC1CCCN(CCn2ccnc2)C1. The number of piperidine rings is 1. The van der Waals surface area contributed by atoms with Crippen LogP contribution < -0.4 is 5.32 Å². The van der Waals surface area contributed by atoms with Gasteiger partial charge in [0.15, 0.2) is 0 Å². The number of nitrogens with one attached hydrogen (secondary N) is 1. The molecule has 1 N–H and O–H groups in total. The zero-order valence-electron chi connectivity index (χ0n) is 10.8. The zero-order chi connectivity index (χ0) is 11.9. The molecule has 1 aliphatic rings. The number of aromatic nitrogens is 2. The van der Waals surface area contributed by atoms with Gasteiger partial charge in [-0.05, 0) is 32.4 Å². The summed E-state index contributed by atoms with van der Waals surface area (Å²) in [6.07, 6.45) is 9.67. The van der Waals surface area contributed by atoms with E-state index in [-0.39, 0.29) is 0 Å². The lowest BCUT2D eigenvalue weighted by Gasteiger charge is -2.33. The van der Waals surface area contributed by atoms with Gasteiger partial charge in [-0.25, -0.2) is 4.98 Å². The molecular formula is C13H24N4. The van der Waals surface area contributed by atoms with Crippen LogP contribution in [-0.4, -0.2) is 46.7 Å². The van der Waals surface area contributed by atoms with Crippen LogP contribution in [0.25, 0.3) is 0 Å². The van der Waals surface area contributed by atoms with Crippen molar-refractivity contribution in [1.82, 2.24) is 19.8 Å². The van der Waals surface area contributed by atoms with Gasteiger partial charge in [-0.3, -0.25) is 0 Å². The first-order valence-corrected chi connectivity index (χ1v) is 6.80. The Balaban J connectivity index is 1.69. The zero-order valence-corrected chi connectivity index (χ0v) is 10.8. The normalized spacial score (nSPS) is 21.8. The Hall–Kier alpha value is -0.870. The highest BCUT2D eigenvalue weighted by Gasteiger charge is 2.18. The van der Waals surface area contributed by atoms with Gasteiger partial charge >= 0.3 is 0 Å². The summed E-state index contributed by atoms with van der Waals surface area (Å²) in [4.78, 5) is 6.64. The molecule has 0 amide bonds. The Morgan fingerprint density at radius 1 is 1.41 bits per heavy atom. The van der Waals surface area contributed by atoms with E-state index in [2.05, 4.69) is 26.7 Å². The average molecular weight is 236 g/mol. The summed E-state index contributed by atoms with van der Waals surface area (Å²) in [5.41, 5.74) is 0. The van der Waals surface area contributed by atoms with E-state index >= 15 is 0 Å². The lowest BCUT2D eigenvalue weighted by Crippen LogP contribution is -2.46. The van der Waals surface area contributed by atoms with Crippen molar-refractivity contribution in [2.75, 3.05) is 26.2 Å². The summed E-state index contributed by atoms with van der Waals surface area (Å²) in [6, 6.07) is 0.700. The molecule has 1 unspecified atom stereocenters. The molecule has 17 heavy (non-hydrogen) atoms. The second-order valence-electron chi connectivity index (χ2n) is 4.89. The van der Waals surface area contributed by atoms with Crippen LogP contribution >= 0.6 is 0 Å². The number of hydrogen-bond acceptors (Lipinski definition) is 3. The van der Waals surface area contributed by atoms with E-state index in [0.717, 1.165) is 19.6 Å². The molecule has 1 aliphatic heterocycles. The van der Waals surface area contributed by atoms with E-state index < -0.39 is 0 Å². The topological polar surface area (TPSA) is 33.1 Å². The van der Waals surface area contributed by atoms with Crippen LogP contribution in [0, 0.1) is 0 Å². The van der Waals surface area contributed by atoms with Gasteiger partial charge in [0.25, 0.3) is 0 Å². The Morgan fingerprint density at radius 2 is 2.35 bits per heavy atom. The fourth-order valence-corrected chi connectivity index (χ4v) is 2.45. The Bertz CT molecular complexity index is 296. The average Bonchev–Trinajstić information content (AvgIpc) is 2.87. The molecular weight excluding hydrogens is 212 g/mol. The van der Waals surface area contributed by atoms with Gasteiger partial charge in [0.2, 0.25) is 0 Å². The maximum Gasteiger partial charge on any atom is 0.0946 e. The van der Waals surface area contributed by atoms with Crippen LogP contribution in [0.2, 0.25) is 0 Å². The Kier molecular flexibility index (Phi) is 5.01. The van der Waals surface area contributed by atoms with Gasteiger partial charge < -0.3 is 14.8 Å². The fraction of sp³-hybridized carbons (Fsp3) is 0.769. The molecule has 0 aromatic carbocycles. The summed E-state index contributed by atoms with van der Waals surface area (Å²) in [7, 11) is 0. The van der Waals surface area contributed by atoms with Crippen molar-refractivity contribution < 1.29 is 0 Å². The van der Waals surface area contributed by atoms with E-state index in [0.29, 0.717) is 6.04 Å². The number of rotatable bonds is 6. The maximum atomic E-state index is 4.07. The van der Waals surface area contributed by atoms with Gasteiger partial charge in [0, 0.05) is 38.1 Å². The minimum absolute atomic E-state index is 0.700. The smallest absolute Gasteiger partial charge is 0.0946 e. The van der Waals surface area contributed by atoms with Crippen molar-refractivity contribution in [2.45, 2.75) is 38.8 Å². The summed E-state index contributed by atoms with van der Waals surface area (Å²) in [5, 5.41) is 3.63. The van der Waals surface area contributed by atoms with E-state index in [9.17, 15) is 0 Å². The molecule has 1 atom stereocenters. The van der Waals surface area contributed by atoms with Gasteiger partial charge in [0.05, 0.1) is 6.33 Å². The standard InChI is InChI=1S/C13H24N4/c1-2-5-15-13-4-3-7-16(11-13)9-10-17-8-6-14-12-17/h6,8,12-13,15H,2-5,7,9-11H2,1H3. The van der Waals surface area contributed by atoms with Crippen LogP contribution in [0.4, 0.5) is 0 Å². The molecule has 0 spiro atoms. The lowest BCUT2D eigenvalue weighted by molar-refractivity contribution is 0.185. The fourth-order valence-electron chi connectivity index (χ4n) is 2.45. The minimum atomic E-state index is 0.700. The third-order valence-corrected chi connectivity index (χ3v) is 3.42.